The Bertz CT molecular complexity index is 779. The summed E-state index contributed by atoms with van der Waals surface area (Å²) in [5, 5.41) is 39.9. The maximum absolute atomic E-state index is 12.7. The molecule has 4 N–H and O–H groups in total. The van der Waals surface area contributed by atoms with E-state index in [1.807, 2.05) is 0 Å². The summed E-state index contributed by atoms with van der Waals surface area (Å²) in [6.45, 7) is 3.40. The van der Waals surface area contributed by atoms with Gasteiger partial charge in [-0.05, 0) is 12.8 Å². The van der Waals surface area contributed by atoms with Crippen LogP contribution >= 0.6 is 0 Å². The van der Waals surface area contributed by atoms with Gasteiger partial charge in [0.1, 0.15) is 31.0 Å². The number of esters is 2. The van der Waals surface area contributed by atoms with Crippen LogP contribution in [0, 0.1) is 0 Å². The summed E-state index contributed by atoms with van der Waals surface area (Å²) in [6, 6.07) is 0. The topological polar surface area (TPSA) is 152 Å². The van der Waals surface area contributed by atoms with Crippen molar-refractivity contribution in [2.75, 3.05) is 19.8 Å². The first-order chi connectivity index (χ1) is 23.8. The lowest BCUT2D eigenvalue weighted by atomic mass is 9.99. The lowest BCUT2D eigenvalue weighted by Crippen LogP contribution is -2.59. The van der Waals surface area contributed by atoms with Crippen molar-refractivity contribution in [2.45, 2.75) is 218 Å². The van der Waals surface area contributed by atoms with Gasteiger partial charge in [0.2, 0.25) is 0 Å². The summed E-state index contributed by atoms with van der Waals surface area (Å²) in [5.74, 6) is -0.800. The van der Waals surface area contributed by atoms with Crippen molar-refractivity contribution in [2.24, 2.45) is 0 Å². The number of ether oxygens (including phenoxy) is 4. The molecule has 0 aromatic carbocycles. The van der Waals surface area contributed by atoms with Crippen molar-refractivity contribution in [3.05, 3.63) is 0 Å². The smallest absolute Gasteiger partial charge is 0.306 e. The van der Waals surface area contributed by atoms with Gasteiger partial charge < -0.3 is 39.4 Å². The van der Waals surface area contributed by atoms with Gasteiger partial charge in [-0.15, -0.1) is 0 Å². The fourth-order valence-corrected chi connectivity index (χ4v) is 6.25. The molecule has 1 heterocycles. The van der Waals surface area contributed by atoms with Crippen LogP contribution in [0.3, 0.4) is 0 Å². The zero-order valence-electron chi connectivity index (χ0n) is 31.2. The minimum Gasteiger partial charge on any atom is -0.462 e. The van der Waals surface area contributed by atoms with E-state index in [1.165, 1.54) is 109 Å². The zero-order chi connectivity index (χ0) is 36.0. The molecule has 1 saturated heterocycles. The van der Waals surface area contributed by atoms with E-state index >= 15 is 0 Å². The Morgan fingerprint density at radius 1 is 0.551 bits per heavy atom. The molecule has 0 amide bonds. The van der Waals surface area contributed by atoms with Gasteiger partial charge in [-0.25, -0.2) is 0 Å². The average Bonchev–Trinajstić information content (AvgIpc) is 3.10. The fraction of sp³-hybridized carbons (Fsp3) is 0.949. The van der Waals surface area contributed by atoms with Gasteiger partial charge in [-0.3, -0.25) is 9.59 Å². The molecule has 0 aromatic heterocycles. The Morgan fingerprint density at radius 3 is 1.39 bits per heavy atom. The quantitative estimate of drug-likeness (QED) is 0.0401. The normalized spacial score (nSPS) is 21.5. The third-order valence-electron chi connectivity index (χ3n) is 9.49. The van der Waals surface area contributed by atoms with Crippen molar-refractivity contribution in [1.29, 1.82) is 0 Å². The van der Waals surface area contributed by atoms with E-state index in [1.54, 1.807) is 0 Å². The first-order valence-corrected chi connectivity index (χ1v) is 20.1. The van der Waals surface area contributed by atoms with E-state index in [9.17, 15) is 30.0 Å². The standard InChI is InChI=1S/C39H74O10/c1-3-5-7-9-11-13-14-15-16-17-18-20-22-24-26-28-35(42)48-32(31-47-39-38(45)37(44)36(43)33(29-40)49-39)30-46-34(41)27-25-23-21-19-12-10-8-6-4-2/h32-33,36-40,43-45H,3-31H2,1-2H3/t32-,33-,36+,37+,38-,39-/m1/s1. The van der Waals surface area contributed by atoms with Gasteiger partial charge in [0, 0.05) is 12.8 Å². The van der Waals surface area contributed by atoms with Crippen molar-refractivity contribution in [3.63, 3.8) is 0 Å². The first-order valence-electron chi connectivity index (χ1n) is 20.1. The van der Waals surface area contributed by atoms with Crippen LogP contribution in [0.15, 0.2) is 0 Å². The molecule has 0 bridgehead atoms. The summed E-state index contributed by atoms with van der Waals surface area (Å²) in [7, 11) is 0. The van der Waals surface area contributed by atoms with E-state index in [4.69, 9.17) is 18.9 Å². The second-order valence-electron chi connectivity index (χ2n) is 14.1. The number of aliphatic hydroxyl groups is 4. The van der Waals surface area contributed by atoms with Crippen LogP contribution in [0.4, 0.5) is 0 Å². The number of hydrogen-bond donors (Lipinski definition) is 4. The Labute approximate surface area is 298 Å². The maximum atomic E-state index is 12.7. The second-order valence-corrected chi connectivity index (χ2v) is 14.1. The number of hydrogen-bond acceptors (Lipinski definition) is 10. The van der Waals surface area contributed by atoms with Gasteiger partial charge in [-0.2, -0.15) is 0 Å². The first kappa shape index (κ1) is 45.7. The van der Waals surface area contributed by atoms with E-state index in [-0.39, 0.29) is 32.0 Å². The summed E-state index contributed by atoms with van der Waals surface area (Å²) < 4.78 is 22.0. The minimum atomic E-state index is -1.59. The molecule has 0 radical (unpaired) electrons. The summed E-state index contributed by atoms with van der Waals surface area (Å²) >= 11 is 0. The molecule has 290 valence electrons. The second kappa shape index (κ2) is 31.4. The molecule has 10 heteroatoms. The van der Waals surface area contributed by atoms with Crippen LogP contribution in [-0.2, 0) is 28.5 Å². The maximum Gasteiger partial charge on any atom is 0.306 e. The summed E-state index contributed by atoms with van der Waals surface area (Å²) in [5.41, 5.74) is 0. The third-order valence-corrected chi connectivity index (χ3v) is 9.49. The Balaban J connectivity index is 2.35. The molecule has 0 spiro atoms. The molecule has 6 atom stereocenters. The fourth-order valence-electron chi connectivity index (χ4n) is 6.25. The molecule has 1 rings (SSSR count). The molecule has 0 aliphatic carbocycles. The molecule has 10 nitrogen and oxygen atoms in total. The number of aliphatic hydroxyl groups excluding tert-OH is 4. The van der Waals surface area contributed by atoms with E-state index in [0.29, 0.717) is 6.42 Å². The predicted octanol–water partition coefficient (Wildman–Crippen LogP) is 7.44. The van der Waals surface area contributed by atoms with E-state index in [2.05, 4.69) is 13.8 Å². The highest BCUT2D eigenvalue weighted by atomic mass is 16.7. The molecule has 0 unspecified atom stereocenters. The highest BCUT2D eigenvalue weighted by Gasteiger charge is 2.44. The van der Waals surface area contributed by atoms with Crippen LogP contribution in [0.5, 0.6) is 0 Å². The highest BCUT2D eigenvalue weighted by Crippen LogP contribution is 2.22. The molecule has 0 saturated carbocycles. The number of carbonyl (C=O) groups excluding carboxylic acids is 2. The number of rotatable bonds is 33. The Hall–Kier alpha value is -1.30. The Morgan fingerprint density at radius 2 is 0.959 bits per heavy atom. The van der Waals surface area contributed by atoms with Gasteiger partial charge in [0.15, 0.2) is 12.4 Å². The lowest BCUT2D eigenvalue weighted by Gasteiger charge is -2.39. The molecular formula is C39H74O10. The monoisotopic (exact) mass is 703 g/mol. The van der Waals surface area contributed by atoms with Crippen LogP contribution in [0.25, 0.3) is 0 Å². The zero-order valence-corrected chi connectivity index (χ0v) is 31.2. The summed E-state index contributed by atoms with van der Waals surface area (Å²) in [6.07, 6.45) is 21.2. The molecule has 1 aliphatic heterocycles. The molecule has 1 aliphatic rings. The molecule has 0 aromatic rings. The molecule has 49 heavy (non-hydrogen) atoms. The van der Waals surface area contributed by atoms with E-state index < -0.39 is 49.4 Å². The number of carbonyl (C=O) groups is 2. The van der Waals surface area contributed by atoms with Crippen LogP contribution < -0.4 is 0 Å². The number of unbranched alkanes of at least 4 members (excludes halogenated alkanes) is 22. The van der Waals surface area contributed by atoms with E-state index in [0.717, 1.165) is 38.5 Å². The highest BCUT2D eigenvalue weighted by molar-refractivity contribution is 5.70. The van der Waals surface area contributed by atoms with Crippen LogP contribution in [-0.4, -0.2) is 89.0 Å². The van der Waals surface area contributed by atoms with Gasteiger partial charge in [0.05, 0.1) is 13.2 Å². The van der Waals surface area contributed by atoms with Crippen molar-refractivity contribution < 1.29 is 49.0 Å². The Kier molecular flexibility index (Phi) is 29.3. The van der Waals surface area contributed by atoms with Crippen molar-refractivity contribution >= 4 is 11.9 Å². The largest absolute Gasteiger partial charge is 0.462 e. The molecular weight excluding hydrogens is 628 g/mol. The van der Waals surface area contributed by atoms with Gasteiger partial charge in [-0.1, -0.05) is 155 Å². The SMILES string of the molecule is CCCCCCCCCCCCCCCCCC(=O)O[C@H](COC(=O)CCCCCCCCCCC)CO[C@@H]1O[C@H](CO)[C@H](O)[C@H](O)[C@H]1O. The van der Waals surface area contributed by atoms with Gasteiger partial charge in [0.25, 0.3) is 0 Å². The van der Waals surface area contributed by atoms with Crippen molar-refractivity contribution in [1.82, 2.24) is 0 Å². The lowest BCUT2D eigenvalue weighted by molar-refractivity contribution is -0.305. The van der Waals surface area contributed by atoms with Crippen LogP contribution in [0.2, 0.25) is 0 Å². The predicted molar refractivity (Wildman–Crippen MR) is 192 cm³/mol. The molecule has 1 fully saturated rings. The van der Waals surface area contributed by atoms with Crippen LogP contribution in [0.1, 0.15) is 181 Å². The minimum absolute atomic E-state index is 0.210. The average molecular weight is 703 g/mol. The summed E-state index contributed by atoms with van der Waals surface area (Å²) in [4.78, 5) is 25.1. The van der Waals surface area contributed by atoms with Crippen molar-refractivity contribution in [3.8, 4) is 0 Å². The third kappa shape index (κ3) is 23.7. The van der Waals surface area contributed by atoms with Gasteiger partial charge >= 0.3 is 11.9 Å².